The van der Waals surface area contributed by atoms with Gasteiger partial charge in [0, 0.05) is 13.2 Å². The third-order valence-electron chi connectivity index (χ3n) is 3.53. The zero-order valence-electron chi connectivity index (χ0n) is 9.36. The predicted molar refractivity (Wildman–Crippen MR) is 57.5 cm³/mol. The fourth-order valence-corrected chi connectivity index (χ4v) is 2.48. The first-order valence-corrected chi connectivity index (χ1v) is 6.26. The predicted octanol–water partition coefficient (Wildman–Crippen LogP) is 2.08. The summed E-state index contributed by atoms with van der Waals surface area (Å²) in [4.78, 5) is 0. The Labute approximate surface area is 91.8 Å². The second-order valence-electron chi connectivity index (χ2n) is 4.76. The van der Waals surface area contributed by atoms with Crippen molar-refractivity contribution < 1.29 is 14.6 Å². The van der Waals surface area contributed by atoms with Gasteiger partial charge < -0.3 is 14.6 Å². The van der Waals surface area contributed by atoms with Crippen molar-refractivity contribution >= 4 is 0 Å². The molecule has 0 radical (unpaired) electrons. The molecule has 1 aliphatic heterocycles. The average molecular weight is 214 g/mol. The van der Waals surface area contributed by atoms with E-state index in [1.54, 1.807) is 0 Å². The van der Waals surface area contributed by atoms with Gasteiger partial charge in [0.25, 0.3) is 0 Å². The number of hydrogen-bond acceptors (Lipinski definition) is 3. The molecule has 0 amide bonds. The summed E-state index contributed by atoms with van der Waals surface area (Å²) in [5, 5.41) is 9.03. The summed E-state index contributed by atoms with van der Waals surface area (Å²) in [5.74, 6) is 0.511. The zero-order chi connectivity index (χ0) is 10.5. The topological polar surface area (TPSA) is 38.7 Å². The smallest absolute Gasteiger partial charge is 0.157 e. The highest BCUT2D eigenvalue weighted by atomic mass is 16.7. The van der Waals surface area contributed by atoms with Gasteiger partial charge in [0.05, 0.1) is 6.10 Å². The molecule has 2 aliphatic rings. The molecule has 1 atom stereocenters. The average Bonchev–Trinajstić information content (AvgIpc) is 2.31. The molecule has 0 spiro atoms. The van der Waals surface area contributed by atoms with Gasteiger partial charge in [-0.05, 0) is 50.9 Å². The number of aliphatic hydroxyl groups is 1. The molecular formula is C12H22O3. The minimum Gasteiger partial charge on any atom is -0.396 e. The van der Waals surface area contributed by atoms with E-state index in [-0.39, 0.29) is 6.29 Å². The van der Waals surface area contributed by atoms with Crippen LogP contribution >= 0.6 is 0 Å². The van der Waals surface area contributed by atoms with Crippen LogP contribution in [0.3, 0.4) is 0 Å². The monoisotopic (exact) mass is 214 g/mol. The molecule has 3 heteroatoms. The van der Waals surface area contributed by atoms with Crippen LogP contribution in [0.15, 0.2) is 0 Å². The van der Waals surface area contributed by atoms with Crippen LogP contribution in [0.5, 0.6) is 0 Å². The summed E-state index contributed by atoms with van der Waals surface area (Å²) >= 11 is 0. The van der Waals surface area contributed by atoms with E-state index in [4.69, 9.17) is 14.6 Å². The maximum Gasteiger partial charge on any atom is 0.157 e. The summed E-state index contributed by atoms with van der Waals surface area (Å²) in [6.07, 6.45) is 8.27. The second-order valence-corrected chi connectivity index (χ2v) is 4.76. The molecule has 0 aromatic heterocycles. The highest BCUT2D eigenvalue weighted by Crippen LogP contribution is 2.28. The van der Waals surface area contributed by atoms with Gasteiger partial charge in [0.15, 0.2) is 6.29 Å². The molecule has 0 aromatic rings. The Balaban J connectivity index is 1.67. The zero-order valence-corrected chi connectivity index (χ0v) is 9.36. The molecule has 15 heavy (non-hydrogen) atoms. The number of rotatable bonds is 3. The summed E-state index contributed by atoms with van der Waals surface area (Å²) in [5.41, 5.74) is 0. The Morgan fingerprint density at radius 1 is 1.07 bits per heavy atom. The first-order valence-electron chi connectivity index (χ1n) is 6.26. The summed E-state index contributed by atoms with van der Waals surface area (Å²) < 4.78 is 11.5. The molecule has 88 valence electrons. The molecule has 0 aromatic carbocycles. The lowest BCUT2D eigenvalue weighted by Gasteiger charge is -2.32. The lowest BCUT2D eigenvalue weighted by atomic mass is 9.88. The quantitative estimate of drug-likeness (QED) is 0.781. The Kier molecular flexibility index (Phi) is 4.42. The maximum absolute atomic E-state index is 9.03. The van der Waals surface area contributed by atoms with Crippen molar-refractivity contribution in [1.82, 2.24) is 0 Å². The molecule has 2 fully saturated rings. The molecule has 1 aliphatic carbocycles. The van der Waals surface area contributed by atoms with Gasteiger partial charge in [-0.2, -0.15) is 0 Å². The first-order chi connectivity index (χ1) is 7.38. The fraction of sp³-hybridized carbons (Fsp3) is 1.00. The van der Waals surface area contributed by atoms with Gasteiger partial charge in [0.2, 0.25) is 0 Å². The lowest BCUT2D eigenvalue weighted by molar-refractivity contribution is -0.194. The number of hydrogen-bond donors (Lipinski definition) is 1. The van der Waals surface area contributed by atoms with E-state index < -0.39 is 0 Å². The lowest BCUT2D eigenvalue weighted by Crippen LogP contribution is -2.31. The minimum atomic E-state index is 0.0504. The van der Waals surface area contributed by atoms with Crippen LogP contribution in [0.1, 0.15) is 44.9 Å². The van der Waals surface area contributed by atoms with Crippen LogP contribution in [-0.2, 0) is 9.47 Å². The largest absolute Gasteiger partial charge is 0.396 e. The van der Waals surface area contributed by atoms with Crippen molar-refractivity contribution in [2.24, 2.45) is 5.92 Å². The summed E-state index contributed by atoms with van der Waals surface area (Å²) in [6, 6.07) is 0. The van der Waals surface area contributed by atoms with Crippen LogP contribution in [0.2, 0.25) is 0 Å². The minimum absolute atomic E-state index is 0.0504. The fourth-order valence-electron chi connectivity index (χ4n) is 2.48. The Morgan fingerprint density at radius 2 is 1.87 bits per heavy atom. The van der Waals surface area contributed by atoms with Crippen molar-refractivity contribution in [3.8, 4) is 0 Å². The SMILES string of the molecule is OCC1CCC(OC2CCCCO2)CC1. The molecular weight excluding hydrogens is 192 g/mol. The van der Waals surface area contributed by atoms with Crippen molar-refractivity contribution in [1.29, 1.82) is 0 Å². The van der Waals surface area contributed by atoms with Crippen molar-refractivity contribution in [3.05, 3.63) is 0 Å². The highest BCUT2D eigenvalue weighted by Gasteiger charge is 2.24. The van der Waals surface area contributed by atoms with Gasteiger partial charge >= 0.3 is 0 Å². The highest BCUT2D eigenvalue weighted by molar-refractivity contribution is 4.73. The summed E-state index contributed by atoms with van der Waals surface area (Å²) in [7, 11) is 0. The Morgan fingerprint density at radius 3 is 2.47 bits per heavy atom. The third kappa shape index (κ3) is 3.44. The standard InChI is InChI=1S/C12H22O3/c13-9-10-4-6-11(7-5-10)15-12-3-1-2-8-14-12/h10-13H,1-9H2. The first kappa shape index (κ1) is 11.4. The van der Waals surface area contributed by atoms with E-state index in [9.17, 15) is 0 Å². The van der Waals surface area contributed by atoms with Gasteiger partial charge in [-0.25, -0.2) is 0 Å². The van der Waals surface area contributed by atoms with Gasteiger partial charge in [-0.3, -0.25) is 0 Å². The third-order valence-corrected chi connectivity index (χ3v) is 3.53. The van der Waals surface area contributed by atoms with Crippen molar-refractivity contribution in [3.63, 3.8) is 0 Å². The van der Waals surface area contributed by atoms with E-state index in [1.807, 2.05) is 0 Å². The summed E-state index contributed by atoms with van der Waals surface area (Å²) in [6.45, 7) is 1.20. The normalized spacial score (nSPS) is 37.8. The Bertz CT molecular complexity index is 170. The number of ether oxygens (including phenoxy) is 2. The van der Waals surface area contributed by atoms with E-state index in [2.05, 4.69) is 0 Å². The number of aliphatic hydroxyl groups excluding tert-OH is 1. The van der Waals surface area contributed by atoms with E-state index in [0.717, 1.165) is 38.7 Å². The molecule has 0 bridgehead atoms. The van der Waals surface area contributed by atoms with E-state index >= 15 is 0 Å². The molecule has 1 saturated carbocycles. The maximum atomic E-state index is 9.03. The van der Waals surface area contributed by atoms with Gasteiger partial charge in [0.1, 0.15) is 0 Å². The van der Waals surface area contributed by atoms with Crippen molar-refractivity contribution in [2.75, 3.05) is 13.2 Å². The molecule has 2 rings (SSSR count). The van der Waals surface area contributed by atoms with Crippen molar-refractivity contribution in [2.45, 2.75) is 57.3 Å². The van der Waals surface area contributed by atoms with Crippen LogP contribution in [0.25, 0.3) is 0 Å². The van der Waals surface area contributed by atoms with Gasteiger partial charge in [-0.15, -0.1) is 0 Å². The molecule has 1 heterocycles. The van der Waals surface area contributed by atoms with Crippen LogP contribution in [0.4, 0.5) is 0 Å². The van der Waals surface area contributed by atoms with Crippen LogP contribution in [0, 0.1) is 5.92 Å². The molecule has 1 saturated heterocycles. The second kappa shape index (κ2) is 5.83. The van der Waals surface area contributed by atoms with Crippen LogP contribution < -0.4 is 0 Å². The van der Waals surface area contributed by atoms with E-state index in [0.29, 0.717) is 18.6 Å². The van der Waals surface area contributed by atoms with Crippen LogP contribution in [-0.4, -0.2) is 30.7 Å². The Hall–Kier alpha value is -0.120. The van der Waals surface area contributed by atoms with Gasteiger partial charge in [-0.1, -0.05) is 0 Å². The molecule has 3 nitrogen and oxygen atoms in total. The molecule has 1 unspecified atom stereocenters. The molecule has 1 N–H and O–H groups in total. The van der Waals surface area contributed by atoms with E-state index in [1.165, 1.54) is 12.8 Å².